The lowest BCUT2D eigenvalue weighted by atomic mass is 10.0. The van der Waals surface area contributed by atoms with Crippen molar-refractivity contribution >= 4 is 11.9 Å². The maximum Gasteiger partial charge on any atom is 0.328 e. The highest BCUT2D eigenvalue weighted by Crippen LogP contribution is 2.09. The highest BCUT2D eigenvalue weighted by atomic mass is 16.4. The molecule has 0 aliphatic rings. The van der Waals surface area contributed by atoms with E-state index in [1.54, 1.807) is 6.92 Å². The summed E-state index contributed by atoms with van der Waals surface area (Å²) in [5, 5.41) is 20.4. The van der Waals surface area contributed by atoms with E-state index in [4.69, 9.17) is 10.8 Å². The van der Waals surface area contributed by atoms with E-state index in [9.17, 15) is 14.7 Å². The number of carboxylic acids is 1. The monoisotopic (exact) mass is 260 g/mol. The van der Waals surface area contributed by atoms with E-state index < -0.39 is 18.1 Å². The van der Waals surface area contributed by atoms with Gasteiger partial charge in [-0.25, -0.2) is 4.79 Å². The molecule has 0 spiro atoms. The molecule has 0 aliphatic carbocycles. The van der Waals surface area contributed by atoms with E-state index in [-0.39, 0.29) is 17.9 Å². The second-order valence-electron chi connectivity index (χ2n) is 4.87. The molecule has 106 valence electrons. The fourth-order valence-electron chi connectivity index (χ4n) is 1.56. The molecule has 0 fully saturated rings. The number of nitrogens with two attached hydrogens (primary N) is 1. The van der Waals surface area contributed by atoms with Gasteiger partial charge in [0, 0.05) is 12.0 Å². The van der Waals surface area contributed by atoms with Gasteiger partial charge in [0.2, 0.25) is 5.91 Å². The Morgan fingerprint density at radius 1 is 1.22 bits per heavy atom. The molecule has 0 aliphatic heterocycles. The summed E-state index contributed by atoms with van der Waals surface area (Å²) < 4.78 is 0. The third-order valence-electron chi connectivity index (χ3n) is 2.79. The second-order valence-corrected chi connectivity index (χ2v) is 4.87. The van der Waals surface area contributed by atoms with Gasteiger partial charge in [0.1, 0.15) is 0 Å². The van der Waals surface area contributed by atoms with Crippen LogP contribution in [0, 0.1) is 5.92 Å². The van der Waals surface area contributed by atoms with Crippen LogP contribution in [-0.4, -0.2) is 40.3 Å². The molecule has 0 rings (SSSR count). The van der Waals surface area contributed by atoms with E-state index in [0.29, 0.717) is 6.42 Å². The Hall–Kier alpha value is -1.14. The molecule has 4 unspecified atom stereocenters. The highest BCUT2D eigenvalue weighted by Gasteiger charge is 2.26. The van der Waals surface area contributed by atoms with Gasteiger partial charge < -0.3 is 21.3 Å². The minimum Gasteiger partial charge on any atom is -0.480 e. The zero-order valence-corrected chi connectivity index (χ0v) is 11.2. The van der Waals surface area contributed by atoms with Crippen molar-refractivity contribution in [2.45, 2.75) is 58.2 Å². The van der Waals surface area contributed by atoms with Crippen LogP contribution in [0.15, 0.2) is 0 Å². The smallest absolute Gasteiger partial charge is 0.328 e. The van der Waals surface area contributed by atoms with E-state index in [1.807, 2.05) is 6.92 Å². The number of hydrogen-bond donors (Lipinski definition) is 4. The SMILES string of the molecule is CC(N)CCCC(C)C(=O)NC(C(=O)O)C(C)O. The lowest BCUT2D eigenvalue weighted by Crippen LogP contribution is -2.49. The number of carbonyl (C=O) groups excluding carboxylic acids is 1. The third-order valence-corrected chi connectivity index (χ3v) is 2.79. The van der Waals surface area contributed by atoms with Gasteiger partial charge in [-0.3, -0.25) is 4.79 Å². The first-order valence-electron chi connectivity index (χ1n) is 6.22. The summed E-state index contributed by atoms with van der Waals surface area (Å²) in [5.41, 5.74) is 5.60. The van der Waals surface area contributed by atoms with Gasteiger partial charge in [-0.15, -0.1) is 0 Å². The van der Waals surface area contributed by atoms with Crippen molar-refractivity contribution in [1.29, 1.82) is 0 Å². The summed E-state index contributed by atoms with van der Waals surface area (Å²) in [6.45, 7) is 4.97. The molecule has 18 heavy (non-hydrogen) atoms. The lowest BCUT2D eigenvalue weighted by Gasteiger charge is -2.20. The molecule has 0 heterocycles. The first-order chi connectivity index (χ1) is 8.25. The number of carboxylic acid groups (broad SMARTS) is 1. The first kappa shape index (κ1) is 16.9. The third kappa shape index (κ3) is 6.56. The Morgan fingerprint density at radius 3 is 2.17 bits per heavy atom. The van der Waals surface area contributed by atoms with Crippen molar-refractivity contribution in [3.05, 3.63) is 0 Å². The van der Waals surface area contributed by atoms with Gasteiger partial charge in [-0.2, -0.15) is 0 Å². The molecule has 0 saturated heterocycles. The Labute approximate surface area is 108 Å². The molecule has 0 saturated carbocycles. The molecule has 0 bridgehead atoms. The Balaban J connectivity index is 4.17. The van der Waals surface area contributed by atoms with Crippen LogP contribution in [0.2, 0.25) is 0 Å². The van der Waals surface area contributed by atoms with Crippen LogP contribution in [0.25, 0.3) is 0 Å². The fourth-order valence-corrected chi connectivity index (χ4v) is 1.56. The van der Waals surface area contributed by atoms with Gasteiger partial charge in [-0.1, -0.05) is 13.3 Å². The zero-order valence-electron chi connectivity index (χ0n) is 11.2. The number of hydrogen-bond acceptors (Lipinski definition) is 4. The largest absolute Gasteiger partial charge is 0.480 e. The summed E-state index contributed by atoms with van der Waals surface area (Å²) >= 11 is 0. The Morgan fingerprint density at radius 2 is 1.78 bits per heavy atom. The van der Waals surface area contributed by atoms with Gasteiger partial charge >= 0.3 is 5.97 Å². The number of carbonyl (C=O) groups is 2. The minimum absolute atomic E-state index is 0.101. The average molecular weight is 260 g/mol. The predicted octanol–water partition coefficient (Wildman–Crippen LogP) is 0.0902. The number of nitrogens with one attached hydrogen (secondary N) is 1. The standard InChI is InChI=1S/C12H24N2O4/c1-7(5-4-6-8(2)13)11(16)14-10(9(3)15)12(17)18/h7-10,15H,4-6,13H2,1-3H3,(H,14,16)(H,17,18). The lowest BCUT2D eigenvalue weighted by molar-refractivity contribution is -0.145. The number of rotatable bonds is 8. The topological polar surface area (TPSA) is 113 Å². The zero-order chi connectivity index (χ0) is 14.3. The molecular formula is C12H24N2O4. The van der Waals surface area contributed by atoms with Gasteiger partial charge in [0.15, 0.2) is 6.04 Å². The van der Waals surface area contributed by atoms with Crippen LogP contribution in [-0.2, 0) is 9.59 Å². The predicted molar refractivity (Wildman–Crippen MR) is 67.9 cm³/mol. The molecule has 0 aromatic rings. The fraction of sp³-hybridized carbons (Fsp3) is 0.833. The van der Waals surface area contributed by atoms with Crippen molar-refractivity contribution in [3.8, 4) is 0 Å². The van der Waals surface area contributed by atoms with Gasteiger partial charge in [0.05, 0.1) is 6.10 Å². The summed E-state index contributed by atoms with van der Waals surface area (Å²) in [4.78, 5) is 22.5. The van der Waals surface area contributed by atoms with E-state index in [2.05, 4.69) is 5.32 Å². The van der Waals surface area contributed by atoms with Crippen molar-refractivity contribution in [2.75, 3.05) is 0 Å². The molecular weight excluding hydrogens is 236 g/mol. The molecule has 4 atom stereocenters. The first-order valence-corrected chi connectivity index (χ1v) is 6.22. The van der Waals surface area contributed by atoms with Crippen LogP contribution >= 0.6 is 0 Å². The minimum atomic E-state index is -1.26. The number of aliphatic hydroxyl groups is 1. The van der Waals surface area contributed by atoms with Crippen LogP contribution in [0.3, 0.4) is 0 Å². The maximum atomic E-state index is 11.7. The quantitative estimate of drug-likeness (QED) is 0.494. The Kier molecular flexibility index (Phi) is 7.54. The van der Waals surface area contributed by atoms with E-state index in [0.717, 1.165) is 12.8 Å². The molecule has 0 radical (unpaired) electrons. The molecule has 5 N–H and O–H groups in total. The molecule has 0 aromatic carbocycles. The summed E-state index contributed by atoms with van der Waals surface area (Å²) in [7, 11) is 0. The summed E-state index contributed by atoms with van der Waals surface area (Å²) in [6.07, 6.45) is 1.18. The van der Waals surface area contributed by atoms with Crippen molar-refractivity contribution in [1.82, 2.24) is 5.32 Å². The summed E-state index contributed by atoms with van der Waals surface area (Å²) in [6, 6.07) is -1.15. The molecule has 6 heteroatoms. The summed E-state index contributed by atoms with van der Waals surface area (Å²) in [5.74, 6) is -1.88. The van der Waals surface area contributed by atoms with Crippen LogP contribution in [0.4, 0.5) is 0 Å². The molecule has 0 aromatic heterocycles. The average Bonchev–Trinajstić information content (AvgIpc) is 2.23. The van der Waals surface area contributed by atoms with Gasteiger partial charge in [0.25, 0.3) is 0 Å². The van der Waals surface area contributed by atoms with Crippen molar-refractivity contribution in [3.63, 3.8) is 0 Å². The number of aliphatic hydroxyl groups excluding tert-OH is 1. The number of aliphatic carboxylic acids is 1. The maximum absolute atomic E-state index is 11.7. The van der Waals surface area contributed by atoms with Crippen LogP contribution in [0.1, 0.15) is 40.0 Å². The van der Waals surface area contributed by atoms with E-state index in [1.165, 1.54) is 6.92 Å². The molecule has 1 amide bonds. The Bertz CT molecular complexity index is 279. The van der Waals surface area contributed by atoms with Gasteiger partial charge in [-0.05, 0) is 26.7 Å². The van der Waals surface area contributed by atoms with Crippen molar-refractivity contribution < 1.29 is 19.8 Å². The van der Waals surface area contributed by atoms with Crippen molar-refractivity contribution in [2.24, 2.45) is 11.7 Å². The van der Waals surface area contributed by atoms with E-state index >= 15 is 0 Å². The van der Waals surface area contributed by atoms with Crippen LogP contribution < -0.4 is 11.1 Å². The normalized spacial score (nSPS) is 17.6. The highest BCUT2D eigenvalue weighted by molar-refractivity contribution is 5.85. The second kappa shape index (κ2) is 8.05. The van der Waals surface area contributed by atoms with Crippen LogP contribution in [0.5, 0.6) is 0 Å². The number of amides is 1. The molecule has 6 nitrogen and oxygen atoms in total.